The molecule has 0 unspecified atom stereocenters. The van der Waals surface area contributed by atoms with Crippen LogP contribution in [-0.4, -0.2) is 21.6 Å². The van der Waals surface area contributed by atoms with Crippen molar-refractivity contribution in [3.8, 4) is 5.75 Å². The smallest absolute Gasteiger partial charge is 0.347 e. The summed E-state index contributed by atoms with van der Waals surface area (Å²) in [6, 6.07) is 3.77. The van der Waals surface area contributed by atoms with Crippen molar-refractivity contribution in [3.05, 3.63) is 33.3 Å². The highest BCUT2D eigenvalue weighted by Gasteiger charge is 2.32. The van der Waals surface area contributed by atoms with Crippen molar-refractivity contribution >= 4 is 23.3 Å². The molecule has 1 aromatic rings. The fourth-order valence-corrected chi connectivity index (χ4v) is 1.20. The van der Waals surface area contributed by atoms with Crippen molar-refractivity contribution < 1.29 is 19.6 Å². The summed E-state index contributed by atoms with van der Waals surface area (Å²) in [5, 5.41) is 19.8. The van der Waals surface area contributed by atoms with Crippen LogP contribution in [0.1, 0.15) is 13.8 Å². The van der Waals surface area contributed by atoms with E-state index in [1.165, 1.54) is 26.0 Å². The van der Waals surface area contributed by atoms with Crippen LogP contribution in [0.15, 0.2) is 18.2 Å². The summed E-state index contributed by atoms with van der Waals surface area (Å²) in [6.45, 7) is 2.60. The van der Waals surface area contributed by atoms with Crippen LogP contribution in [-0.2, 0) is 4.79 Å². The number of ether oxygens (including phenoxy) is 1. The number of aliphatic carboxylic acids is 1. The third-order valence-corrected chi connectivity index (χ3v) is 2.23. The van der Waals surface area contributed by atoms with Gasteiger partial charge in [-0.1, -0.05) is 11.6 Å². The Kier molecular flexibility index (Phi) is 3.57. The zero-order valence-electron chi connectivity index (χ0n) is 9.14. The topological polar surface area (TPSA) is 89.7 Å². The summed E-state index contributed by atoms with van der Waals surface area (Å²) in [6.07, 6.45) is 0. The Morgan fingerprint density at radius 1 is 1.53 bits per heavy atom. The second-order valence-corrected chi connectivity index (χ2v) is 4.22. The Balaban J connectivity index is 3.15. The zero-order chi connectivity index (χ0) is 13.2. The van der Waals surface area contributed by atoms with Crippen LogP contribution < -0.4 is 4.74 Å². The lowest BCUT2D eigenvalue weighted by Gasteiger charge is -2.21. The standard InChI is InChI=1S/C10H10ClNO5/c1-10(2,9(13)14)17-8-4-3-6(11)5-7(8)12(15)16/h3-5H,1-2H3,(H,13,14). The van der Waals surface area contributed by atoms with Gasteiger partial charge in [-0.2, -0.15) is 0 Å². The molecule has 0 saturated heterocycles. The number of nitro benzene ring substituents is 1. The number of nitro groups is 1. The van der Waals surface area contributed by atoms with Crippen LogP contribution >= 0.6 is 11.6 Å². The zero-order valence-corrected chi connectivity index (χ0v) is 9.89. The largest absolute Gasteiger partial charge is 0.478 e. The summed E-state index contributed by atoms with van der Waals surface area (Å²) < 4.78 is 5.11. The minimum Gasteiger partial charge on any atom is -0.478 e. The van der Waals surface area contributed by atoms with Gasteiger partial charge in [0.1, 0.15) is 0 Å². The van der Waals surface area contributed by atoms with Gasteiger partial charge in [0.05, 0.1) is 4.92 Å². The van der Waals surface area contributed by atoms with Crippen molar-refractivity contribution in [1.29, 1.82) is 0 Å². The molecular weight excluding hydrogens is 250 g/mol. The molecule has 0 aromatic heterocycles. The van der Waals surface area contributed by atoms with Crippen molar-refractivity contribution in [2.75, 3.05) is 0 Å². The van der Waals surface area contributed by atoms with Crippen LogP contribution in [0.4, 0.5) is 5.69 Å². The van der Waals surface area contributed by atoms with E-state index in [9.17, 15) is 14.9 Å². The summed E-state index contributed by atoms with van der Waals surface area (Å²) in [5.41, 5.74) is -1.93. The Morgan fingerprint density at radius 3 is 2.59 bits per heavy atom. The molecule has 1 aromatic carbocycles. The lowest BCUT2D eigenvalue weighted by Crippen LogP contribution is -2.38. The van der Waals surface area contributed by atoms with E-state index < -0.39 is 16.5 Å². The molecule has 17 heavy (non-hydrogen) atoms. The average molecular weight is 260 g/mol. The van der Waals surface area contributed by atoms with Gasteiger partial charge in [-0.3, -0.25) is 10.1 Å². The predicted molar refractivity (Wildman–Crippen MR) is 60.4 cm³/mol. The lowest BCUT2D eigenvalue weighted by atomic mass is 10.1. The van der Waals surface area contributed by atoms with Crippen LogP contribution in [0, 0.1) is 10.1 Å². The Hall–Kier alpha value is -1.82. The van der Waals surface area contributed by atoms with E-state index >= 15 is 0 Å². The second kappa shape index (κ2) is 4.58. The number of hydrogen-bond acceptors (Lipinski definition) is 4. The summed E-state index contributed by atoms with van der Waals surface area (Å²) >= 11 is 5.62. The van der Waals surface area contributed by atoms with E-state index in [1.807, 2.05) is 0 Å². The van der Waals surface area contributed by atoms with Crippen LogP contribution in [0.3, 0.4) is 0 Å². The fraction of sp³-hybridized carbons (Fsp3) is 0.300. The van der Waals surface area contributed by atoms with Crippen LogP contribution in [0.25, 0.3) is 0 Å². The maximum atomic E-state index is 10.9. The van der Waals surface area contributed by atoms with Crippen molar-refractivity contribution in [3.63, 3.8) is 0 Å². The van der Waals surface area contributed by atoms with Gasteiger partial charge in [0.15, 0.2) is 11.4 Å². The second-order valence-electron chi connectivity index (χ2n) is 3.79. The van der Waals surface area contributed by atoms with Gasteiger partial charge in [-0.25, -0.2) is 4.79 Å². The SMILES string of the molecule is CC(C)(Oc1ccc(Cl)cc1[N+](=O)[O-])C(=O)O. The molecule has 0 saturated carbocycles. The number of hydrogen-bond donors (Lipinski definition) is 1. The summed E-state index contributed by atoms with van der Waals surface area (Å²) in [5.74, 6) is -1.35. The van der Waals surface area contributed by atoms with Gasteiger partial charge < -0.3 is 9.84 Å². The molecule has 0 heterocycles. The van der Waals surface area contributed by atoms with Gasteiger partial charge in [0.2, 0.25) is 0 Å². The molecule has 0 spiro atoms. The van der Waals surface area contributed by atoms with E-state index in [0.29, 0.717) is 0 Å². The number of carboxylic acids is 1. The fourth-order valence-electron chi connectivity index (χ4n) is 1.04. The molecule has 7 heteroatoms. The van der Waals surface area contributed by atoms with Gasteiger partial charge in [-0.05, 0) is 26.0 Å². The van der Waals surface area contributed by atoms with Crippen molar-refractivity contribution in [2.24, 2.45) is 0 Å². The molecule has 0 aliphatic carbocycles. The molecule has 1 rings (SSSR count). The van der Waals surface area contributed by atoms with Gasteiger partial charge in [0.25, 0.3) is 0 Å². The highest BCUT2D eigenvalue weighted by molar-refractivity contribution is 6.30. The molecule has 0 aliphatic heterocycles. The summed E-state index contributed by atoms with van der Waals surface area (Å²) in [4.78, 5) is 20.9. The van der Waals surface area contributed by atoms with Gasteiger partial charge >= 0.3 is 11.7 Å². The highest BCUT2D eigenvalue weighted by atomic mass is 35.5. The van der Waals surface area contributed by atoms with E-state index in [0.717, 1.165) is 6.07 Å². The van der Waals surface area contributed by atoms with Crippen molar-refractivity contribution in [2.45, 2.75) is 19.4 Å². The van der Waals surface area contributed by atoms with E-state index in [-0.39, 0.29) is 16.5 Å². The normalized spacial score (nSPS) is 11.0. The molecule has 92 valence electrons. The first-order valence-corrected chi connectivity index (χ1v) is 4.98. The summed E-state index contributed by atoms with van der Waals surface area (Å²) in [7, 11) is 0. The third kappa shape index (κ3) is 3.07. The molecule has 6 nitrogen and oxygen atoms in total. The molecule has 1 N–H and O–H groups in total. The molecule has 0 bridgehead atoms. The quantitative estimate of drug-likeness (QED) is 0.663. The number of benzene rings is 1. The van der Waals surface area contributed by atoms with Gasteiger partial charge in [-0.15, -0.1) is 0 Å². The molecule has 0 radical (unpaired) electrons. The van der Waals surface area contributed by atoms with E-state index in [1.54, 1.807) is 0 Å². The van der Waals surface area contributed by atoms with E-state index in [2.05, 4.69) is 0 Å². The monoisotopic (exact) mass is 259 g/mol. The molecule has 0 fully saturated rings. The number of nitrogens with zero attached hydrogens (tertiary/aromatic N) is 1. The minimum atomic E-state index is -1.56. The van der Waals surface area contributed by atoms with E-state index in [4.69, 9.17) is 21.4 Å². The van der Waals surface area contributed by atoms with Crippen molar-refractivity contribution in [1.82, 2.24) is 0 Å². The minimum absolute atomic E-state index is 0.133. The highest BCUT2D eigenvalue weighted by Crippen LogP contribution is 2.32. The average Bonchev–Trinajstić information content (AvgIpc) is 2.19. The molecule has 0 atom stereocenters. The first-order chi connectivity index (χ1) is 7.74. The maximum absolute atomic E-state index is 10.9. The van der Waals surface area contributed by atoms with Gasteiger partial charge in [0, 0.05) is 11.1 Å². The lowest BCUT2D eigenvalue weighted by molar-refractivity contribution is -0.386. The Labute approximate surface area is 102 Å². The molecule has 0 amide bonds. The number of rotatable bonds is 4. The number of carbonyl (C=O) groups is 1. The first-order valence-electron chi connectivity index (χ1n) is 4.60. The maximum Gasteiger partial charge on any atom is 0.347 e. The number of halogens is 1. The third-order valence-electron chi connectivity index (χ3n) is 2.00. The first kappa shape index (κ1) is 13.2. The van der Waals surface area contributed by atoms with Crippen LogP contribution in [0.2, 0.25) is 5.02 Å². The van der Waals surface area contributed by atoms with Crippen LogP contribution in [0.5, 0.6) is 5.75 Å². The predicted octanol–water partition coefficient (Wildman–Crippen LogP) is 2.49. The Bertz CT molecular complexity index is 472. The molecule has 0 aliphatic rings. The Morgan fingerprint density at radius 2 is 2.12 bits per heavy atom. The number of carboxylic acid groups (broad SMARTS) is 1. The molecular formula is C10H10ClNO5.